The van der Waals surface area contributed by atoms with Crippen LogP contribution in [0.3, 0.4) is 0 Å². The molecule has 0 saturated heterocycles. The molecule has 136 valence electrons. The lowest BCUT2D eigenvalue weighted by molar-refractivity contribution is -0.268. The maximum absolute atomic E-state index is 13.8. The van der Waals surface area contributed by atoms with Crippen molar-refractivity contribution in [2.75, 3.05) is 6.16 Å². The molecule has 0 aliphatic carbocycles. The van der Waals surface area contributed by atoms with Crippen molar-refractivity contribution in [3.05, 3.63) is 35.9 Å². The summed E-state index contributed by atoms with van der Waals surface area (Å²) < 4.78 is 84.1. The number of alkyl halides is 5. The largest absolute Gasteiger partial charge is 0.514 e. The first-order valence-electron chi connectivity index (χ1n) is 7.66. The molecule has 0 bridgehead atoms. The van der Waals surface area contributed by atoms with Gasteiger partial charge < -0.3 is 0 Å². The fourth-order valence-corrected chi connectivity index (χ4v) is 3.39. The van der Waals surface area contributed by atoms with Gasteiger partial charge in [-0.1, -0.05) is 55.1 Å². The Balaban J connectivity index is 2.71. The molecule has 0 fully saturated rings. The van der Waals surface area contributed by atoms with E-state index in [2.05, 4.69) is 4.52 Å². The Labute approximate surface area is 139 Å². The van der Waals surface area contributed by atoms with Crippen molar-refractivity contribution >= 4 is 8.03 Å². The van der Waals surface area contributed by atoms with Crippen molar-refractivity contribution in [1.82, 2.24) is 0 Å². The van der Waals surface area contributed by atoms with Gasteiger partial charge in [0.05, 0.1) is 0 Å². The van der Waals surface area contributed by atoms with E-state index in [0.717, 1.165) is 6.42 Å². The van der Waals surface area contributed by atoms with Gasteiger partial charge in [0.1, 0.15) is 0 Å². The second kappa shape index (κ2) is 8.86. The average molecular weight is 371 g/mol. The van der Waals surface area contributed by atoms with Gasteiger partial charge in [-0.05, 0) is 16.5 Å². The summed E-state index contributed by atoms with van der Waals surface area (Å²) in [4.78, 5) is 0. The van der Waals surface area contributed by atoms with Crippen LogP contribution in [0.25, 0.3) is 0 Å². The highest BCUT2D eigenvalue weighted by Gasteiger charge is 2.61. The minimum atomic E-state index is -4.82. The molecule has 1 rings (SSSR count). The van der Waals surface area contributed by atoms with Crippen LogP contribution in [0, 0.1) is 5.92 Å². The first kappa shape index (κ1) is 21.0. The molecule has 3 unspecified atom stereocenters. The van der Waals surface area contributed by atoms with Crippen LogP contribution < -0.4 is 0 Å². The number of benzene rings is 1. The van der Waals surface area contributed by atoms with E-state index in [9.17, 15) is 26.5 Å². The predicted molar refractivity (Wildman–Crippen MR) is 82.6 cm³/mol. The lowest BCUT2D eigenvalue weighted by Crippen LogP contribution is -2.46. The molecule has 3 atom stereocenters. The zero-order valence-electron chi connectivity index (χ0n) is 13.5. The third-order valence-corrected chi connectivity index (χ3v) is 4.78. The van der Waals surface area contributed by atoms with Gasteiger partial charge in [-0.3, -0.25) is 0 Å². The summed E-state index contributed by atoms with van der Waals surface area (Å²) in [7, 11) is -2.93. The molecule has 0 aliphatic heterocycles. The maximum atomic E-state index is 13.8. The number of halogens is 5. The van der Waals surface area contributed by atoms with E-state index < -0.39 is 32.7 Å². The van der Waals surface area contributed by atoms with Gasteiger partial charge in [-0.15, -0.1) is 0 Å². The molecule has 1 aromatic carbocycles. The van der Waals surface area contributed by atoms with Crippen molar-refractivity contribution in [3.8, 4) is 0 Å². The van der Waals surface area contributed by atoms with E-state index in [1.807, 2.05) is 6.92 Å². The molecule has 0 aliphatic rings. The minimum Gasteiger partial charge on any atom is -0.231 e. The van der Waals surface area contributed by atoms with Gasteiger partial charge in [0.15, 0.2) is 6.16 Å². The summed E-state index contributed by atoms with van der Waals surface area (Å²) >= 11 is 0. The molecule has 2 nitrogen and oxygen atoms in total. The standard InChI is InChI=1S/C16H21F5O2P/c1-3-7-12(2)11-24(22)23-16(20,21)14(17)15(18,19)10-13-8-5-4-6-9-13/h4-6,8-9,12,14H,3,7,10-11H2,1-2H3/q+1. The highest BCUT2D eigenvalue weighted by Crippen LogP contribution is 2.43. The molecule has 24 heavy (non-hydrogen) atoms. The van der Waals surface area contributed by atoms with E-state index >= 15 is 0 Å². The van der Waals surface area contributed by atoms with Gasteiger partial charge in [0, 0.05) is 12.3 Å². The topological polar surface area (TPSA) is 26.3 Å². The summed E-state index contributed by atoms with van der Waals surface area (Å²) in [6.07, 6.45) is -8.75. The second-order valence-corrected chi connectivity index (χ2v) is 7.06. The Morgan fingerprint density at radius 1 is 1.17 bits per heavy atom. The minimum absolute atomic E-state index is 0.0157. The third-order valence-electron chi connectivity index (χ3n) is 3.41. The van der Waals surface area contributed by atoms with Crippen LogP contribution in [0.2, 0.25) is 0 Å². The van der Waals surface area contributed by atoms with Crippen molar-refractivity contribution < 1.29 is 31.0 Å². The Hall–Kier alpha value is -1.07. The SMILES string of the molecule is CCCC(C)C[P+](=O)OC(F)(F)C(F)C(F)(F)Cc1ccccc1. The van der Waals surface area contributed by atoms with Crippen LogP contribution in [-0.4, -0.2) is 24.4 Å². The number of hydrogen-bond donors (Lipinski definition) is 0. The molecule has 0 spiro atoms. The fourth-order valence-electron chi connectivity index (χ4n) is 2.26. The monoisotopic (exact) mass is 371 g/mol. The van der Waals surface area contributed by atoms with E-state index in [0.29, 0.717) is 6.42 Å². The smallest absolute Gasteiger partial charge is 0.231 e. The highest BCUT2D eigenvalue weighted by atomic mass is 31.1. The van der Waals surface area contributed by atoms with E-state index in [4.69, 9.17) is 0 Å². The van der Waals surface area contributed by atoms with Crippen molar-refractivity contribution in [2.24, 2.45) is 5.92 Å². The quantitative estimate of drug-likeness (QED) is 0.373. The molecule has 0 radical (unpaired) electrons. The molecular weight excluding hydrogens is 350 g/mol. The number of rotatable bonds is 10. The van der Waals surface area contributed by atoms with Gasteiger partial charge in [0.25, 0.3) is 12.1 Å². The van der Waals surface area contributed by atoms with Crippen LogP contribution >= 0.6 is 8.03 Å². The molecule has 8 heteroatoms. The Bertz CT molecular complexity index is 524. The highest BCUT2D eigenvalue weighted by molar-refractivity contribution is 7.39. The summed E-state index contributed by atoms with van der Waals surface area (Å²) in [5, 5.41) is 0. The first-order chi connectivity index (χ1) is 11.1. The molecule has 0 heterocycles. The fraction of sp³-hybridized carbons (Fsp3) is 0.625. The van der Waals surface area contributed by atoms with Gasteiger partial charge >= 0.3 is 14.1 Å². The Kier molecular flexibility index (Phi) is 7.74. The van der Waals surface area contributed by atoms with Crippen molar-refractivity contribution in [3.63, 3.8) is 0 Å². The Morgan fingerprint density at radius 3 is 2.29 bits per heavy atom. The van der Waals surface area contributed by atoms with E-state index in [-0.39, 0.29) is 17.6 Å². The summed E-state index contributed by atoms with van der Waals surface area (Å²) in [6, 6.07) is 7.02. The van der Waals surface area contributed by atoms with Crippen molar-refractivity contribution in [1.29, 1.82) is 0 Å². The summed E-state index contributed by atoms with van der Waals surface area (Å²) in [6.45, 7) is 3.54. The van der Waals surface area contributed by atoms with Crippen LogP contribution in [0.15, 0.2) is 30.3 Å². The van der Waals surface area contributed by atoms with Gasteiger partial charge in [-0.25, -0.2) is 13.2 Å². The van der Waals surface area contributed by atoms with Crippen LogP contribution in [-0.2, 0) is 15.5 Å². The molecule has 0 aromatic heterocycles. The molecule has 0 N–H and O–H groups in total. The van der Waals surface area contributed by atoms with Crippen LogP contribution in [0.1, 0.15) is 32.3 Å². The zero-order chi connectivity index (χ0) is 18.4. The molecule has 0 amide bonds. The van der Waals surface area contributed by atoms with Gasteiger partial charge in [0.2, 0.25) is 0 Å². The van der Waals surface area contributed by atoms with Crippen molar-refractivity contribution in [2.45, 2.75) is 51.3 Å². The zero-order valence-corrected chi connectivity index (χ0v) is 14.4. The molecule has 0 saturated carbocycles. The third kappa shape index (κ3) is 6.44. The predicted octanol–water partition coefficient (Wildman–Crippen LogP) is 5.99. The lowest BCUT2D eigenvalue weighted by atomic mass is 10.0. The number of hydrogen-bond acceptors (Lipinski definition) is 2. The molecule has 1 aromatic rings. The van der Waals surface area contributed by atoms with Crippen LogP contribution in [0.5, 0.6) is 0 Å². The maximum Gasteiger partial charge on any atom is 0.514 e. The second-order valence-electron chi connectivity index (χ2n) is 5.85. The van der Waals surface area contributed by atoms with E-state index in [1.165, 1.54) is 24.3 Å². The van der Waals surface area contributed by atoms with E-state index in [1.54, 1.807) is 13.0 Å². The van der Waals surface area contributed by atoms with Gasteiger partial charge in [-0.2, -0.15) is 8.78 Å². The summed E-state index contributed by atoms with van der Waals surface area (Å²) in [5.41, 5.74) is 0.0157. The average Bonchev–Trinajstić information content (AvgIpc) is 2.46. The first-order valence-corrected chi connectivity index (χ1v) is 9.02. The summed E-state index contributed by atoms with van der Waals surface area (Å²) in [5.74, 6) is -4.53. The normalized spacial score (nSPS) is 15.9. The van der Waals surface area contributed by atoms with Crippen LogP contribution in [0.4, 0.5) is 22.0 Å². The molecular formula is C16H21F5O2P+. The Morgan fingerprint density at radius 2 is 1.75 bits per heavy atom. The lowest BCUT2D eigenvalue weighted by Gasteiger charge is -2.24.